The summed E-state index contributed by atoms with van der Waals surface area (Å²) in [7, 11) is 0. The van der Waals surface area contributed by atoms with Crippen molar-refractivity contribution in [3.63, 3.8) is 0 Å². The fraction of sp³-hybridized carbons (Fsp3) is 0. The van der Waals surface area contributed by atoms with Gasteiger partial charge < -0.3 is 25.7 Å². The van der Waals surface area contributed by atoms with Crippen LogP contribution in [-0.4, -0.2) is 0 Å². The maximum atomic E-state index is 5.25. The molecule has 0 amide bonds. The number of rotatable bonds is 0. The summed E-state index contributed by atoms with van der Waals surface area (Å²) in [5.74, 6) is 0. The molecule has 0 unspecified atom stereocenters. The summed E-state index contributed by atoms with van der Waals surface area (Å²) in [6.07, 6.45) is 18.0. The van der Waals surface area contributed by atoms with Gasteiger partial charge in [-0.15, -0.1) is 0 Å². The Morgan fingerprint density at radius 1 is 0.800 bits per heavy atom. The second-order valence-electron chi connectivity index (χ2n) is 0. The first-order chi connectivity index (χ1) is 2.00. The fourth-order valence-corrected chi connectivity index (χ4v) is 0. The Morgan fingerprint density at radius 3 is 0.800 bits per heavy atom. The van der Waals surface area contributed by atoms with Crippen molar-refractivity contribution in [2.75, 3.05) is 0 Å². The SMILES string of the molecule is [C-]#C.[C-]#C.[Y+3]. The van der Waals surface area contributed by atoms with E-state index in [0.29, 0.717) is 0 Å². The Morgan fingerprint density at radius 2 is 0.800 bits per heavy atom. The molecular weight excluding hydrogens is 137 g/mol. The molecular formula is C4H2Y+. The third-order valence-corrected chi connectivity index (χ3v) is 0. The number of hydrogen-bond donors (Lipinski definition) is 0. The molecule has 0 saturated carbocycles. The first kappa shape index (κ1) is 18.8. The van der Waals surface area contributed by atoms with E-state index in [4.69, 9.17) is 12.8 Å². The van der Waals surface area contributed by atoms with Gasteiger partial charge >= 0.3 is 32.7 Å². The molecule has 0 heterocycles. The van der Waals surface area contributed by atoms with Crippen LogP contribution in [0.5, 0.6) is 0 Å². The first-order valence-electron chi connectivity index (χ1n) is 0.577. The second-order valence-corrected chi connectivity index (χ2v) is 0. The van der Waals surface area contributed by atoms with Crippen LogP contribution in [0.1, 0.15) is 0 Å². The molecule has 0 aromatic rings. The van der Waals surface area contributed by atoms with Crippen LogP contribution >= 0.6 is 0 Å². The summed E-state index contributed by atoms with van der Waals surface area (Å²) in [5.41, 5.74) is 0. The Hall–Kier alpha value is 0.224. The predicted octanol–water partition coefficient (Wildman–Crippen LogP) is 0.409. The Labute approximate surface area is 58.2 Å². The molecule has 0 aromatic carbocycles. The van der Waals surface area contributed by atoms with Crippen LogP contribution in [0, 0.1) is 25.7 Å². The smallest absolute Gasteiger partial charge is 0.697 e. The van der Waals surface area contributed by atoms with E-state index in [9.17, 15) is 0 Å². The van der Waals surface area contributed by atoms with Crippen LogP contribution in [0.25, 0.3) is 0 Å². The molecule has 0 fully saturated rings. The summed E-state index contributed by atoms with van der Waals surface area (Å²) in [4.78, 5) is 0. The molecule has 0 aromatic heterocycles. The Kier molecular flexibility index (Phi) is 3300. The Bertz CT molecular complexity index is 19.1. The molecule has 0 rings (SSSR count). The minimum absolute atomic E-state index is 0. The molecule has 0 bridgehead atoms. The molecule has 0 radical (unpaired) electrons. The molecule has 0 spiro atoms. The molecule has 0 saturated heterocycles. The topological polar surface area (TPSA) is 0 Å². The van der Waals surface area contributed by atoms with E-state index >= 15 is 0 Å². The van der Waals surface area contributed by atoms with E-state index in [-0.39, 0.29) is 32.7 Å². The average molecular weight is 139 g/mol. The third-order valence-electron chi connectivity index (χ3n) is 0. The van der Waals surface area contributed by atoms with Crippen molar-refractivity contribution in [2.45, 2.75) is 0 Å². The predicted molar refractivity (Wildman–Crippen MR) is 16.4 cm³/mol. The van der Waals surface area contributed by atoms with Crippen LogP contribution in [0.4, 0.5) is 0 Å². The van der Waals surface area contributed by atoms with Crippen molar-refractivity contribution in [3.05, 3.63) is 12.8 Å². The van der Waals surface area contributed by atoms with Crippen molar-refractivity contribution in [1.82, 2.24) is 0 Å². The zero-order valence-electron chi connectivity index (χ0n) is 2.73. The molecule has 0 nitrogen and oxygen atoms in total. The van der Waals surface area contributed by atoms with Gasteiger partial charge in [-0.2, -0.15) is 0 Å². The summed E-state index contributed by atoms with van der Waals surface area (Å²) in [6, 6.07) is 0. The van der Waals surface area contributed by atoms with Gasteiger partial charge in [-0.1, -0.05) is 0 Å². The van der Waals surface area contributed by atoms with Crippen LogP contribution < -0.4 is 0 Å². The molecule has 5 heavy (non-hydrogen) atoms. The average Bonchev–Trinajstić information content (AvgIpc) is 1.50. The quantitative estimate of drug-likeness (QED) is 0.336. The summed E-state index contributed by atoms with van der Waals surface area (Å²) < 4.78 is 0. The largest absolute Gasteiger partial charge is 3.00 e. The van der Waals surface area contributed by atoms with Gasteiger partial charge in [0.15, 0.2) is 0 Å². The van der Waals surface area contributed by atoms with Crippen molar-refractivity contribution < 1.29 is 32.7 Å². The monoisotopic (exact) mass is 139 g/mol. The van der Waals surface area contributed by atoms with Gasteiger partial charge in [0, 0.05) is 0 Å². The van der Waals surface area contributed by atoms with Crippen LogP contribution in [0.15, 0.2) is 0 Å². The molecule has 0 aliphatic rings. The molecule has 0 atom stereocenters. The van der Waals surface area contributed by atoms with E-state index in [1.165, 1.54) is 0 Å². The van der Waals surface area contributed by atoms with E-state index in [0.717, 1.165) is 0 Å². The van der Waals surface area contributed by atoms with E-state index in [1.807, 2.05) is 0 Å². The summed E-state index contributed by atoms with van der Waals surface area (Å²) in [6.45, 7) is 0. The van der Waals surface area contributed by atoms with Crippen molar-refractivity contribution in [2.24, 2.45) is 0 Å². The second kappa shape index (κ2) is 876. The van der Waals surface area contributed by atoms with Gasteiger partial charge in [0.2, 0.25) is 0 Å². The standard InChI is InChI=1S/2C2H.Y/c2*1-2;/h2*1H;/q2*-1;+3. The van der Waals surface area contributed by atoms with Crippen molar-refractivity contribution in [1.29, 1.82) is 0 Å². The minimum atomic E-state index is 0. The Balaban J connectivity index is -0.0000000133. The van der Waals surface area contributed by atoms with Gasteiger partial charge in [0.25, 0.3) is 0 Å². The van der Waals surface area contributed by atoms with Crippen LogP contribution in [0.2, 0.25) is 0 Å². The van der Waals surface area contributed by atoms with E-state index in [1.54, 1.807) is 0 Å². The first-order valence-corrected chi connectivity index (χ1v) is 0.577. The minimum Gasteiger partial charge on any atom is -0.697 e. The van der Waals surface area contributed by atoms with Gasteiger partial charge in [-0.05, 0) is 0 Å². The summed E-state index contributed by atoms with van der Waals surface area (Å²) >= 11 is 0. The zero-order valence-corrected chi connectivity index (χ0v) is 5.57. The third kappa shape index (κ3) is 417. The number of hydrogen-bond acceptors (Lipinski definition) is 0. The van der Waals surface area contributed by atoms with E-state index < -0.39 is 0 Å². The normalized spacial score (nSPS) is 0.800. The zero-order chi connectivity index (χ0) is 4.00. The maximum absolute atomic E-state index is 5.25. The van der Waals surface area contributed by atoms with Gasteiger partial charge in [-0.3, -0.25) is 0 Å². The molecule has 20 valence electrons. The molecule has 0 aliphatic carbocycles. The summed E-state index contributed by atoms with van der Waals surface area (Å²) in [5, 5.41) is 0. The van der Waals surface area contributed by atoms with Gasteiger partial charge in [0.05, 0.1) is 0 Å². The molecule has 0 aliphatic heterocycles. The van der Waals surface area contributed by atoms with Crippen molar-refractivity contribution >= 4 is 0 Å². The molecule has 1 heteroatoms. The molecule has 0 N–H and O–H groups in total. The number of terminal acetylenes is 2. The van der Waals surface area contributed by atoms with Crippen LogP contribution in [-0.2, 0) is 32.7 Å². The van der Waals surface area contributed by atoms with Gasteiger partial charge in [-0.25, -0.2) is 0 Å². The van der Waals surface area contributed by atoms with E-state index in [2.05, 4.69) is 12.8 Å². The van der Waals surface area contributed by atoms with Crippen LogP contribution in [0.3, 0.4) is 0 Å². The fourth-order valence-electron chi connectivity index (χ4n) is 0. The van der Waals surface area contributed by atoms with Crippen molar-refractivity contribution in [3.8, 4) is 12.8 Å². The maximum Gasteiger partial charge on any atom is 3.00 e. The van der Waals surface area contributed by atoms with Gasteiger partial charge in [0.1, 0.15) is 0 Å².